The molecule has 2 aliphatic carbocycles. The molecular formula is C39H53F3N8O. The van der Waals surface area contributed by atoms with Gasteiger partial charge in [0.25, 0.3) is 0 Å². The monoisotopic (exact) mass is 706 g/mol. The number of anilines is 2. The number of carbonyl (C=O) groups is 1. The topological polar surface area (TPSA) is 112 Å². The van der Waals surface area contributed by atoms with Gasteiger partial charge in [-0.15, -0.1) is 0 Å². The number of piperidine rings is 1. The van der Waals surface area contributed by atoms with Crippen LogP contribution in [0.3, 0.4) is 0 Å². The lowest BCUT2D eigenvalue weighted by Crippen LogP contribution is -2.51. The minimum absolute atomic E-state index is 0.0525. The third kappa shape index (κ3) is 8.27. The quantitative estimate of drug-likeness (QED) is 0.224. The zero-order chi connectivity index (χ0) is 35.8. The zero-order valence-electron chi connectivity index (χ0n) is 30.1. The minimum Gasteiger partial charge on any atom is -0.399 e. The van der Waals surface area contributed by atoms with E-state index in [1.165, 1.54) is 58.2 Å². The molecule has 1 atom stereocenters. The van der Waals surface area contributed by atoms with Crippen LogP contribution in [0.1, 0.15) is 106 Å². The van der Waals surface area contributed by atoms with Gasteiger partial charge in [-0.3, -0.25) is 14.7 Å². The first-order valence-corrected chi connectivity index (χ1v) is 19.0. The molecule has 2 saturated heterocycles. The summed E-state index contributed by atoms with van der Waals surface area (Å²) < 4.78 is 40.5. The van der Waals surface area contributed by atoms with Crippen molar-refractivity contribution in [3.05, 3.63) is 53.1 Å². The van der Waals surface area contributed by atoms with Crippen LogP contribution in [-0.2, 0) is 11.0 Å². The highest BCUT2D eigenvalue weighted by atomic mass is 19.4. The summed E-state index contributed by atoms with van der Waals surface area (Å²) in [5.41, 5.74) is 7.74. The second-order valence-electron chi connectivity index (χ2n) is 15.9. The lowest BCUT2D eigenvalue weighted by Gasteiger charge is -2.45. The lowest BCUT2D eigenvalue weighted by molar-refractivity contribution is -0.139. The second-order valence-corrected chi connectivity index (χ2v) is 15.9. The normalized spacial score (nSPS) is 24.1. The molecule has 0 radical (unpaired) electrons. The average molecular weight is 707 g/mol. The van der Waals surface area contributed by atoms with E-state index >= 15 is 0 Å². The number of rotatable bonds is 7. The van der Waals surface area contributed by atoms with Gasteiger partial charge in [0.1, 0.15) is 11.6 Å². The molecule has 4 fully saturated rings. The number of pyridine rings is 1. The summed E-state index contributed by atoms with van der Waals surface area (Å²) >= 11 is 0. The highest BCUT2D eigenvalue weighted by Gasteiger charge is 2.38. The number of halogens is 3. The maximum absolute atomic E-state index is 13.6. The van der Waals surface area contributed by atoms with E-state index in [0.29, 0.717) is 34.0 Å². The fraction of sp³-hybridized carbons (Fsp3) is 0.641. The molecule has 2 aliphatic heterocycles. The third-order valence-electron chi connectivity index (χ3n) is 12.4. The number of fused-ring (bicyclic) bond motifs is 1. The molecule has 4 N–H and O–H groups in total. The summed E-state index contributed by atoms with van der Waals surface area (Å²) in [6, 6.07) is 5.14. The smallest absolute Gasteiger partial charge is 0.399 e. The van der Waals surface area contributed by atoms with Gasteiger partial charge >= 0.3 is 6.18 Å². The molecule has 9 nitrogen and oxygen atoms in total. The van der Waals surface area contributed by atoms with Crippen molar-refractivity contribution >= 4 is 28.3 Å². The Morgan fingerprint density at radius 1 is 0.980 bits per heavy atom. The summed E-state index contributed by atoms with van der Waals surface area (Å²) in [6.45, 7) is 10.7. The van der Waals surface area contributed by atoms with Crippen molar-refractivity contribution in [1.82, 2.24) is 30.1 Å². The molecule has 3 aromatic rings. The summed E-state index contributed by atoms with van der Waals surface area (Å²) in [5, 5.41) is 7.62. The van der Waals surface area contributed by atoms with Gasteiger partial charge in [0.05, 0.1) is 23.3 Å². The third-order valence-corrected chi connectivity index (χ3v) is 12.4. The van der Waals surface area contributed by atoms with Gasteiger partial charge in [0.2, 0.25) is 5.91 Å². The van der Waals surface area contributed by atoms with Crippen LogP contribution in [0.4, 0.5) is 24.7 Å². The van der Waals surface area contributed by atoms with Gasteiger partial charge in [0, 0.05) is 61.3 Å². The molecule has 0 bridgehead atoms. The summed E-state index contributed by atoms with van der Waals surface area (Å²) in [7, 11) is 0. The zero-order valence-corrected chi connectivity index (χ0v) is 30.1. The first-order valence-electron chi connectivity index (χ1n) is 19.0. The van der Waals surface area contributed by atoms with Crippen molar-refractivity contribution in [2.75, 3.05) is 56.9 Å². The van der Waals surface area contributed by atoms with Crippen LogP contribution in [0.15, 0.2) is 30.5 Å². The molecule has 2 saturated carbocycles. The van der Waals surface area contributed by atoms with Gasteiger partial charge in [-0.1, -0.05) is 0 Å². The van der Waals surface area contributed by atoms with E-state index in [2.05, 4.69) is 30.4 Å². The van der Waals surface area contributed by atoms with Gasteiger partial charge in [-0.2, -0.15) is 13.2 Å². The molecule has 1 amide bonds. The number of alkyl halides is 3. The highest BCUT2D eigenvalue weighted by Crippen LogP contribution is 2.45. The number of aryl methyl sites for hydroxylation is 1. The fourth-order valence-corrected chi connectivity index (χ4v) is 9.22. The number of nitrogens with zero attached hydrogens (tertiary/aromatic N) is 5. The number of nitrogen functional groups attached to an aromatic ring is 1. The number of hydrogen-bond donors (Lipinski definition) is 3. The number of aromatic nitrogens is 3. The molecule has 4 heterocycles. The van der Waals surface area contributed by atoms with Crippen LogP contribution in [-0.4, -0.2) is 76.5 Å². The Morgan fingerprint density at radius 2 is 1.69 bits per heavy atom. The molecule has 51 heavy (non-hydrogen) atoms. The number of piperazine rings is 1. The van der Waals surface area contributed by atoms with E-state index in [-0.39, 0.29) is 17.5 Å². The highest BCUT2D eigenvalue weighted by molar-refractivity contribution is 5.89. The molecule has 1 spiro atoms. The number of carbonyl (C=O) groups excluding carboxylic acids is 1. The maximum atomic E-state index is 13.6. The fourth-order valence-electron chi connectivity index (χ4n) is 9.22. The van der Waals surface area contributed by atoms with E-state index in [4.69, 9.17) is 10.7 Å². The minimum atomic E-state index is -4.49. The number of benzene rings is 1. The van der Waals surface area contributed by atoms with Crippen LogP contribution >= 0.6 is 0 Å². The molecule has 7 rings (SSSR count). The standard InChI is InChI=1S/C39H53F3N8O/c1-25(30-19-31(39(40,41)42)21-32(43)20-30)46-36-33-22-34(45-23-35(33)47-26(2)48-36)28-3-5-29(6-4-28)37(51)50-17-15-49(16-18-50)24-27-7-9-38(10-8-27)11-13-44-14-12-38/h19-23,25,27-29,44H,3-18,24,43H2,1-2H3,(H,46,47,48)/t25-,28?,29?/m1/s1. The Labute approximate surface area is 299 Å². The number of amides is 1. The summed E-state index contributed by atoms with van der Waals surface area (Å²) in [5.74, 6) is 2.45. The molecule has 0 unspecified atom stereocenters. The van der Waals surface area contributed by atoms with Crippen LogP contribution in [0, 0.1) is 24.2 Å². The van der Waals surface area contributed by atoms with Crippen molar-refractivity contribution in [1.29, 1.82) is 0 Å². The number of nitrogens with two attached hydrogens (primary N) is 1. The predicted molar refractivity (Wildman–Crippen MR) is 194 cm³/mol. The van der Waals surface area contributed by atoms with Gasteiger partial charge in [-0.05, 0) is 132 Å². The molecule has 276 valence electrons. The van der Waals surface area contributed by atoms with E-state index in [1.807, 2.05) is 6.07 Å². The van der Waals surface area contributed by atoms with Crippen molar-refractivity contribution in [2.24, 2.45) is 17.3 Å². The average Bonchev–Trinajstić information content (AvgIpc) is 3.12. The Morgan fingerprint density at radius 3 is 2.37 bits per heavy atom. The summed E-state index contributed by atoms with van der Waals surface area (Å²) in [4.78, 5) is 32.3. The second kappa shape index (κ2) is 14.8. The lowest BCUT2D eigenvalue weighted by atomic mass is 9.65. The first-order chi connectivity index (χ1) is 24.4. The summed E-state index contributed by atoms with van der Waals surface area (Å²) in [6.07, 6.45) is 8.88. The number of nitrogens with one attached hydrogen (secondary N) is 2. The molecular weight excluding hydrogens is 653 g/mol. The molecule has 1 aromatic carbocycles. The Hall–Kier alpha value is -3.51. The van der Waals surface area contributed by atoms with Crippen molar-refractivity contribution < 1.29 is 18.0 Å². The molecule has 12 heteroatoms. The Kier molecular flexibility index (Phi) is 10.4. The van der Waals surface area contributed by atoms with Crippen LogP contribution in [0.2, 0.25) is 0 Å². The predicted octanol–water partition coefficient (Wildman–Crippen LogP) is 7.09. The Balaban J connectivity index is 0.928. The van der Waals surface area contributed by atoms with E-state index in [0.717, 1.165) is 81.0 Å². The maximum Gasteiger partial charge on any atom is 0.416 e. The Bertz CT molecular complexity index is 1680. The molecule has 2 aromatic heterocycles. The van der Waals surface area contributed by atoms with Crippen LogP contribution in [0.5, 0.6) is 0 Å². The van der Waals surface area contributed by atoms with Gasteiger partial charge in [0.15, 0.2) is 0 Å². The molecule has 4 aliphatic rings. The van der Waals surface area contributed by atoms with Crippen molar-refractivity contribution in [3.63, 3.8) is 0 Å². The van der Waals surface area contributed by atoms with Gasteiger partial charge < -0.3 is 21.3 Å². The van der Waals surface area contributed by atoms with E-state index in [1.54, 1.807) is 26.1 Å². The van der Waals surface area contributed by atoms with Crippen LogP contribution in [0.25, 0.3) is 10.9 Å². The van der Waals surface area contributed by atoms with E-state index in [9.17, 15) is 18.0 Å². The van der Waals surface area contributed by atoms with E-state index < -0.39 is 17.8 Å². The first kappa shape index (κ1) is 35.9. The number of hydrogen-bond acceptors (Lipinski definition) is 8. The SMILES string of the molecule is Cc1nc(N[C@H](C)c2cc(N)cc(C(F)(F)F)c2)c2cc(C3CCC(C(=O)N4CCN(CC5CCC6(CCNCC6)CC5)CC4)CC3)ncc2n1. The van der Waals surface area contributed by atoms with Crippen molar-refractivity contribution in [3.8, 4) is 0 Å². The van der Waals surface area contributed by atoms with Crippen molar-refractivity contribution in [2.45, 2.75) is 96.2 Å². The van der Waals surface area contributed by atoms with Crippen LogP contribution < -0.4 is 16.4 Å². The van der Waals surface area contributed by atoms with Gasteiger partial charge in [-0.25, -0.2) is 9.97 Å². The largest absolute Gasteiger partial charge is 0.416 e.